The molecule has 0 heterocycles. The van der Waals surface area contributed by atoms with Crippen LogP contribution in [0.3, 0.4) is 0 Å². The highest BCUT2D eigenvalue weighted by atomic mass is 16.3. The van der Waals surface area contributed by atoms with Gasteiger partial charge in [-0.3, -0.25) is 0 Å². The van der Waals surface area contributed by atoms with Gasteiger partial charge in [-0.05, 0) is 31.6 Å². The Morgan fingerprint density at radius 2 is 1.12 bits per heavy atom. The van der Waals surface area contributed by atoms with Crippen molar-refractivity contribution >= 4 is 0 Å². The molecule has 2 saturated carbocycles. The Labute approximate surface area is 107 Å². The van der Waals surface area contributed by atoms with E-state index in [9.17, 15) is 5.11 Å². The lowest BCUT2D eigenvalue weighted by Gasteiger charge is -2.34. The van der Waals surface area contributed by atoms with Crippen LogP contribution in [0.2, 0.25) is 0 Å². The van der Waals surface area contributed by atoms with Crippen molar-refractivity contribution < 1.29 is 5.11 Å². The summed E-state index contributed by atoms with van der Waals surface area (Å²) in [6, 6.07) is 0. The van der Waals surface area contributed by atoms with Gasteiger partial charge in [-0.2, -0.15) is 0 Å². The van der Waals surface area contributed by atoms with Gasteiger partial charge in [0.25, 0.3) is 0 Å². The predicted octanol–water partition coefficient (Wildman–Crippen LogP) is 4.68. The monoisotopic (exact) mass is 238 g/mol. The van der Waals surface area contributed by atoms with Crippen molar-refractivity contribution in [3.8, 4) is 0 Å². The smallest absolute Gasteiger partial charge is 0.0625 e. The zero-order chi connectivity index (χ0) is 12.1. The van der Waals surface area contributed by atoms with Crippen LogP contribution < -0.4 is 0 Å². The van der Waals surface area contributed by atoms with Crippen molar-refractivity contribution in [3.05, 3.63) is 0 Å². The van der Waals surface area contributed by atoms with Gasteiger partial charge in [0.05, 0.1) is 5.60 Å². The highest BCUT2D eigenvalue weighted by molar-refractivity contribution is 4.82. The molecule has 2 aliphatic carbocycles. The molecule has 0 spiro atoms. The first-order chi connectivity index (χ1) is 8.16. The summed E-state index contributed by atoms with van der Waals surface area (Å²) in [4.78, 5) is 0. The number of aliphatic hydroxyl groups is 1. The van der Waals surface area contributed by atoms with E-state index in [0.717, 1.165) is 24.7 Å². The molecule has 2 rings (SSSR count). The molecular formula is C16H30O. The molecule has 0 aromatic heterocycles. The first-order valence-electron chi connectivity index (χ1n) is 7.88. The van der Waals surface area contributed by atoms with E-state index in [0.29, 0.717) is 0 Å². The molecule has 17 heavy (non-hydrogen) atoms. The fourth-order valence-electron chi connectivity index (χ4n) is 4.11. The highest BCUT2D eigenvalue weighted by Gasteiger charge is 2.29. The van der Waals surface area contributed by atoms with E-state index in [-0.39, 0.29) is 5.60 Å². The largest absolute Gasteiger partial charge is 0.390 e. The lowest BCUT2D eigenvalue weighted by Crippen LogP contribution is -2.31. The highest BCUT2D eigenvalue weighted by Crippen LogP contribution is 2.36. The summed E-state index contributed by atoms with van der Waals surface area (Å²) in [5.74, 6) is 1.62. The van der Waals surface area contributed by atoms with E-state index in [1.165, 1.54) is 64.2 Å². The molecule has 0 amide bonds. The molecule has 0 bridgehead atoms. The molecule has 0 saturated heterocycles. The third-order valence-corrected chi connectivity index (χ3v) is 4.91. The minimum absolute atomic E-state index is 0.385. The topological polar surface area (TPSA) is 20.2 Å². The van der Waals surface area contributed by atoms with Crippen molar-refractivity contribution in [3.63, 3.8) is 0 Å². The summed E-state index contributed by atoms with van der Waals surface area (Å²) in [7, 11) is 0. The molecule has 0 atom stereocenters. The van der Waals surface area contributed by atoms with E-state index >= 15 is 0 Å². The SMILES string of the molecule is CC(O)(CC1CCCCC1)CC1CCCCC1. The molecular weight excluding hydrogens is 208 g/mol. The number of hydrogen-bond acceptors (Lipinski definition) is 1. The molecule has 100 valence electrons. The van der Waals surface area contributed by atoms with Gasteiger partial charge in [-0.25, -0.2) is 0 Å². The van der Waals surface area contributed by atoms with Gasteiger partial charge in [-0.1, -0.05) is 64.2 Å². The number of rotatable bonds is 4. The second kappa shape index (κ2) is 6.22. The second-order valence-corrected chi connectivity index (χ2v) is 6.91. The molecule has 1 N–H and O–H groups in total. The third kappa shape index (κ3) is 4.62. The summed E-state index contributed by atoms with van der Waals surface area (Å²) in [5.41, 5.74) is -0.385. The van der Waals surface area contributed by atoms with Crippen molar-refractivity contribution in [2.75, 3.05) is 0 Å². The Bertz CT molecular complexity index is 188. The Morgan fingerprint density at radius 3 is 1.47 bits per heavy atom. The van der Waals surface area contributed by atoms with Crippen LogP contribution in [0.15, 0.2) is 0 Å². The van der Waals surface area contributed by atoms with E-state index in [1.54, 1.807) is 0 Å². The molecule has 0 radical (unpaired) electrons. The van der Waals surface area contributed by atoms with E-state index in [1.807, 2.05) is 0 Å². The first-order valence-corrected chi connectivity index (χ1v) is 7.88. The minimum Gasteiger partial charge on any atom is -0.390 e. The van der Waals surface area contributed by atoms with Gasteiger partial charge in [0.1, 0.15) is 0 Å². The summed E-state index contributed by atoms with van der Waals surface area (Å²) in [6.07, 6.45) is 16.0. The van der Waals surface area contributed by atoms with E-state index in [2.05, 4.69) is 6.92 Å². The van der Waals surface area contributed by atoms with Crippen molar-refractivity contribution in [2.45, 2.75) is 89.6 Å². The first kappa shape index (κ1) is 13.4. The number of hydrogen-bond donors (Lipinski definition) is 1. The van der Waals surface area contributed by atoms with Crippen LogP contribution in [0.25, 0.3) is 0 Å². The zero-order valence-corrected chi connectivity index (χ0v) is 11.6. The third-order valence-electron chi connectivity index (χ3n) is 4.91. The van der Waals surface area contributed by atoms with Crippen molar-refractivity contribution in [1.29, 1.82) is 0 Å². The summed E-state index contributed by atoms with van der Waals surface area (Å²) in [6.45, 7) is 2.09. The van der Waals surface area contributed by atoms with Crippen LogP contribution >= 0.6 is 0 Å². The lowest BCUT2D eigenvalue weighted by molar-refractivity contribution is 0.000434. The normalized spacial score (nSPS) is 25.1. The molecule has 1 heteroatoms. The molecule has 2 fully saturated rings. The average Bonchev–Trinajstić information content (AvgIpc) is 2.30. The van der Waals surface area contributed by atoms with E-state index in [4.69, 9.17) is 0 Å². The quantitative estimate of drug-likeness (QED) is 0.754. The predicted molar refractivity (Wildman–Crippen MR) is 73.0 cm³/mol. The van der Waals surface area contributed by atoms with Crippen LogP contribution in [0.1, 0.15) is 84.0 Å². The molecule has 2 aliphatic rings. The van der Waals surface area contributed by atoms with Gasteiger partial charge in [0.15, 0.2) is 0 Å². The summed E-state index contributed by atoms with van der Waals surface area (Å²) >= 11 is 0. The second-order valence-electron chi connectivity index (χ2n) is 6.91. The van der Waals surface area contributed by atoms with Crippen LogP contribution in [-0.2, 0) is 0 Å². The van der Waals surface area contributed by atoms with Gasteiger partial charge < -0.3 is 5.11 Å². The van der Waals surface area contributed by atoms with Gasteiger partial charge >= 0.3 is 0 Å². The lowest BCUT2D eigenvalue weighted by atomic mass is 9.75. The minimum atomic E-state index is -0.385. The molecule has 0 aliphatic heterocycles. The maximum Gasteiger partial charge on any atom is 0.0625 e. The molecule has 0 aromatic carbocycles. The van der Waals surface area contributed by atoms with Crippen LogP contribution in [-0.4, -0.2) is 10.7 Å². The summed E-state index contributed by atoms with van der Waals surface area (Å²) < 4.78 is 0. The van der Waals surface area contributed by atoms with Crippen LogP contribution in [0.4, 0.5) is 0 Å². The fraction of sp³-hybridized carbons (Fsp3) is 1.00. The standard InChI is InChI=1S/C16H30O/c1-16(17,12-14-8-4-2-5-9-14)13-15-10-6-3-7-11-15/h14-15,17H,2-13H2,1H3. The molecule has 1 nitrogen and oxygen atoms in total. The maximum atomic E-state index is 10.6. The van der Waals surface area contributed by atoms with Crippen molar-refractivity contribution in [1.82, 2.24) is 0 Å². The van der Waals surface area contributed by atoms with Crippen molar-refractivity contribution in [2.24, 2.45) is 11.8 Å². The molecule has 0 unspecified atom stereocenters. The molecule has 0 aromatic rings. The van der Waals surface area contributed by atoms with E-state index < -0.39 is 0 Å². The Hall–Kier alpha value is -0.0400. The fourth-order valence-corrected chi connectivity index (χ4v) is 4.11. The zero-order valence-electron chi connectivity index (χ0n) is 11.6. The van der Waals surface area contributed by atoms with Crippen LogP contribution in [0.5, 0.6) is 0 Å². The van der Waals surface area contributed by atoms with Gasteiger partial charge in [0.2, 0.25) is 0 Å². The maximum absolute atomic E-state index is 10.6. The Balaban J connectivity index is 1.75. The Kier molecular flexibility index (Phi) is 4.90. The van der Waals surface area contributed by atoms with Crippen LogP contribution in [0, 0.1) is 11.8 Å². The average molecular weight is 238 g/mol. The Morgan fingerprint density at radius 1 is 0.765 bits per heavy atom. The van der Waals surface area contributed by atoms with Gasteiger partial charge in [-0.15, -0.1) is 0 Å². The summed E-state index contributed by atoms with van der Waals surface area (Å²) in [5, 5.41) is 10.6. The van der Waals surface area contributed by atoms with Gasteiger partial charge in [0, 0.05) is 0 Å².